The Hall–Kier alpha value is -1.05. The van der Waals surface area contributed by atoms with Gasteiger partial charge in [-0.2, -0.15) is 0 Å². The summed E-state index contributed by atoms with van der Waals surface area (Å²) in [6, 6.07) is 10.9. The standard InChI is InChI=1S/C16H15Cl2F/c1-10-3-4-11(2)13(7-10)9-14(17)12-5-6-16(19)15(18)8-12/h3-8,14H,9H2,1-2H3. The van der Waals surface area contributed by atoms with Crippen molar-refractivity contribution in [1.82, 2.24) is 0 Å². The minimum absolute atomic E-state index is 0.115. The minimum atomic E-state index is -0.416. The van der Waals surface area contributed by atoms with E-state index >= 15 is 0 Å². The second kappa shape index (κ2) is 5.94. The second-order valence-electron chi connectivity index (χ2n) is 4.78. The Balaban J connectivity index is 2.22. The molecule has 0 N–H and O–H groups in total. The fraction of sp³-hybridized carbons (Fsp3) is 0.250. The molecule has 0 radical (unpaired) electrons. The number of hydrogen-bond acceptors (Lipinski definition) is 0. The first-order chi connectivity index (χ1) is 8.97. The third kappa shape index (κ3) is 3.49. The quantitative estimate of drug-likeness (QED) is 0.645. The molecular formula is C16H15Cl2F. The number of hydrogen-bond donors (Lipinski definition) is 0. The van der Waals surface area contributed by atoms with Crippen LogP contribution in [0.4, 0.5) is 4.39 Å². The van der Waals surface area contributed by atoms with Crippen molar-refractivity contribution < 1.29 is 4.39 Å². The summed E-state index contributed by atoms with van der Waals surface area (Å²) >= 11 is 12.2. The Morgan fingerprint density at radius 2 is 1.84 bits per heavy atom. The molecule has 2 aromatic rings. The smallest absolute Gasteiger partial charge is 0.141 e. The van der Waals surface area contributed by atoms with Gasteiger partial charge in [-0.3, -0.25) is 0 Å². The molecular weight excluding hydrogens is 282 g/mol. The fourth-order valence-electron chi connectivity index (χ4n) is 2.04. The maximum atomic E-state index is 13.1. The van der Waals surface area contributed by atoms with Crippen LogP contribution in [-0.4, -0.2) is 0 Å². The Labute approximate surface area is 123 Å². The molecule has 100 valence electrons. The number of benzene rings is 2. The van der Waals surface area contributed by atoms with Gasteiger partial charge in [0.25, 0.3) is 0 Å². The van der Waals surface area contributed by atoms with Crippen LogP contribution in [0.1, 0.15) is 27.6 Å². The molecule has 0 aliphatic carbocycles. The SMILES string of the molecule is Cc1ccc(C)c(CC(Cl)c2ccc(F)c(Cl)c2)c1. The number of rotatable bonds is 3. The summed E-state index contributed by atoms with van der Waals surface area (Å²) in [4.78, 5) is 0. The Bertz CT molecular complexity index is 593. The molecule has 0 heterocycles. The van der Waals surface area contributed by atoms with Gasteiger partial charge in [-0.25, -0.2) is 4.39 Å². The molecule has 1 unspecified atom stereocenters. The van der Waals surface area contributed by atoms with Crippen LogP contribution >= 0.6 is 23.2 Å². The number of halogens is 3. The molecule has 2 aromatic carbocycles. The third-order valence-corrected chi connectivity index (χ3v) is 3.91. The van der Waals surface area contributed by atoms with E-state index in [2.05, 4.69) is 32.0 Å². The Kier molecular flexibility index (Phi) is 4.49. The first kappa shape index (κ1) is 14.4. The van der Waals surface area contributed by atoms with E-state index in [0.29, 0.717) is 6.42 Å². The minimum Gasteiger partial charge on any atom is -0.205 e. The molecule has 0 aliphatic rings. The van der Waals surface area contributed by atoms with Crippen molar-refractivity contribution in [3.05, 3.63) is 69.5 Å². The zero-order valence-corrected chi connectivity index (χ0v) is 12.4. The molecule has 0 saturated carbocycles. The molecule has 0 aromatic heterocycles. The van der Waals surface area contributed by atoms with E-state index < -0.39 is 5.82 Å². The highest BCUT2D eigenvalue weighted by Crippen LogP contribution is 2.29. The van der Waals surface area contributed by atoms with E-state index in [-0.39, 0.29) is 10.4 Å². The molecule has 0 amide bonds. The van der Waals surface area contributed by atoms with Crippen molar-refractivity contribution in [2.75, 3.05) is 0 Å². The largest absolute Gasteiger partial charge is 0.205 e. The first-order valence-electron chi connectivity index (χ1n) is 6.12. The zero-order chi connectivity index (χ0) is 14.0. The van der Waals surface area contributed by atoms with Gasteiger partial charge in [0.1, 0.15) is 5.82 Å². The molecule has 0 nitrogen and oxygen atoms in total. The fourth-order valence-corrected chi connectivity index (χ4v) is 2.53. The van der Waals surface area contributed by atoms with Crippen molar-refractivity contribution in [3.8, 4) is 0 Å². The lowest BCUT2D eigenvalue weighted by Crippen LogP contribution is -1.99. The lowest BCUT2D eigenvalue weighted by molar-refractivity contribution is 0.627. The highest BCUT2D eigenvalue weighted by molar-refractivity contribution is 6.31. The van der Waals surface area contributed by atoms with Crippen LogP contribution in [0.2, 0.25) is 5.02 Å². The van der Waals surface area contributed by atoms with E-state index in [1.165, 1.54) is 22.8 Å². The average molecular weight is 297 g/mol. The van der Waals surface area contributed by atoms with Crippen molar-refractivity contribution in [2.45, 2.75) is 25.6 Å². The number of alkyl halides is 1. The van der Waals surface area contributed by atoms with Crippen LogP contribution in [0, 0.1) is 19.7 Å². The van der Waals surface area contributed by atoms with Crippen LogP contribution in [0.3, 0.4) is 0 Å². The van der Waals surface area contributed by atoms with Gasteiger partial charge in [-0.05, 0) is 49.1 Å². The van der Waals surface area contributed by atoms with Crippen LogP contribution in [0.15, 0.2) is 36.4 Å². The van der Waals surface area contributed by atoms with Crippen molar-refractivity contribution in [2.24, 2.45) is 0 Å². The molecule has 2 rings (SSSR count). The van der Waals surface area contributed by atoms with Gasteiger partial charge < -0.3 is 0 Å². The third-order valence-electron chi connectivity index (χ3n) is 3.21. The molecule has 0 saturated heterocycles. The Morgan fingerprint density at radius 1 is 1.11 bits per heavy atom. The van der Waals surface area contributed by atoms with Gasteiger partial charge in [0.05, 0.1) is 10.4 Å². The van der Waals surface area contributed by atoms with Crippen LogP contribution in [0.5, 0.6) is 0 Å². The molecule has 0 spiro atoms. The average Bonchev–Trinajstić information content (AvgIpc) is 2.37. The first-order valence-corrected chi connectivity index (χ1v) is 6.94. The molecule has 0 fully saturated rings. The summed E-state index contributed by atoms with van der Waals surface area (Å²) in [5, 5.41) is -0.0947. The highest BCUT2D eigenvalue weighted by atomic mass is 35.5. The van der Waals surface area contributed by atoms with E-state index in [0.717, 1.165) is 5.56 Å². The van der Waals surface area contributed by atoms with E-state index in [1.807, 2.05) is 0 Å². The van der Waals surface area contributed by atoms with Gasteiger partial charge in [-0.15, -0.1) is 11.6 Å². The van der Waals surface area contributed by atoms with Crippen LogP contribution in [0.25, 0.3) is 0 Å². The molecule has 0 bridgehead atoms. The predicted molar refractivity (Wildman–Crippen MR) is 79.6 cm³/mol. The molecule has 3 heteroatoms. The zero-order valence-electron chi connectivity index (χ0n) is 10.9. The summed E-state index contributed by atoms with van der Waals surface area (Å²) in [6.45, 7) is 4.12. The normalized spacial score (nSPS) is 12.5. The molecule has 0 aliphatic heterocycles. The second-order valence-corrected chi connectivity index (χ2v) is 5.71. The lowest BCUT2D eigenvalue weighted by atomic mass is 9.98. The highest BCUT2D eigenvalue weighted by Gasteiger charge is 2.12. The predicted octanol–water partition coefficient (Wildman–Crippen LogP) is 5.62. The van der Waals surface area contributed by atoms with Crippen LogP contribution < -0.4 is 0 Å². The van der Waals surface area contributed by atoms with E-state index in [4.69, 9.17) is 23.2 Å². The summed E-state index contributed by atoms with van der Waals surface area (Å²) in [5.41, 5.74) is 4.47. The van der Waals surface area contributed by atoms with Crippen LogP contribution in [-0.2, 0) is 6.42 Å². The number of aryl methyl sites for hydroxylation is 2. The van der Waals surface area contributed by atoms with Gasteiger partial charge in [0.15, 0.2) is 0 Å². The summed E-state index contributed by atoms with van der Waals surface area (Å²) in [5.74, 6) is -0.416. The van der Waals surface area contributed by atoms with E-state index in [9.17, 15) is 4.39 Å². The summed E-state index contributed by atoms with van der Waals surface area (Å²) in [6.07, 6.45) is 0.705. The molecule has 1 atom stereocenters. The van der Waals surface area contributed by atoms with Crippen molar-refractivity contribution in [3.63, 3.8) is 0 Å². The summed E-state index contributed by atoms with van der Waals surface area (Å²) < 4.78 is 13.1. The van der Waals surface area contributed by atoms with Gasteiger partial charge in [0, 0.05) is 0 Å². The van der Waals surface area contributed by atoms with Crippen molar-refractivity contribution in [1.29, 1.82) is 0 Å². The van der Waals surface area contributed by atoms with Gasteiger partial charge in [0.2, 0.25) is 0 Å². The summed E-state index contributed by atoms with van der Waals surface area (Å²) in [7, 11) is 0. The monoisotopic (exact) mass is 296 g/mol. The van der Waals surface area contributed by atoms with Crippen molar-refractivity contribution >= 4 is 23.2 Å². The maximum absolute atomic E-state index is 13.1. The molecule has 19 heavy (non-hydrogen) atoms. The van der Waals surface area contributed by atoms with E-state index in [1.54, 1.807) is 12.1 Å². The maximum Gasteiger partial charge on any atom is 0.141 e. The lowest BCUT2D eigenvalue weighted by Gasteiger charge is -2.13. The topological polar surface area (TPSA) is 0 Å². The van der Waals surface area contributed by atoms with Gasteiger partial charge >= 0.3 is 0 Å². The van der Waals surface area contributed by atoms with Gasteiger partial charge in [-0.1, -0.05) is 41.4 Å². The Morgan fingerprint density at radius 3 is 2.53 bits per heavy atom.